The van der Waals surface area contributed by atoms with Crippen LogP contribution in [0.3, 0.4) is 0 Å². The topological polar surface area (TPSA) is 117 Å². The Labute approximate surface area is 283 Å². The van der Waals surface area contributed by atoms with Crippen LogP contribution in [-0.2, 0) is 7.05 Å². The van der Waals surface area contributed by atoms with Gasteiger partial charge >= 0.3 is 6.36 Å². The summed E-state index contributed by atoms with van der Waals surface area (Å²) in [5, 5.41) is 2.77. The molecule has 6 rings (SSSR count). The number of rotatable bonds is 11. The number of halogens is 4. The van der Waals surface area contributed by atoms with Crippen LogP contribution in [0.5, 0.6) is 28.9 Å². The van der Waals surface area contributed by atoms with Gasteiger partial charge in [-0.15, -0.1) is 13.2 Å². The molecule has 0 atom stereocenters. The monoisotopic (exact) mass is 695 g/mol. The van der Waals surface area contributed by atoms with E-state index >= 15 is 4.39 Å². The highest BCUT2D eigenvalue weighted by molar-refractivity contribution is 6.07. The number of hydrogen-bond acceptors (Lipinski definition) is 9. The Balaban J connectivity index is 1.19. The smallest absolute Gasteiger partial charge is 0.493 e. The second-order valence-corrected chi connectivity index (χ2v) is 11.7. The first kappa shape index (κ1) is 34.4. The third-order valence-corrected chi connectivity index (χ3v) is 8.48. The summed E-state index contributed by atoms with van der Waals surface area (Å²) in [6.07, 6.45) is -0.391. The van der Waals surface area contributed by atoms with E-state index in [9.17, 15) is 22.8 Å². The largest absolute Gasteiger partial charge is 0.573 e. The molecule has 5 aromatic rings. The van der Waals surface area contributed by atoms with Gasteiger partial charge in [-0.05, 0) is 75.7 Å². The second kappa shape index (κ2) is 14.2. The maximum atomic E-state index is 15.4. The molecule has 1 aliphatic heterocycles. The molecular weight excluding hydrogens is 662 g/mol. The molecule has 3 heterocycles. The molecule has 1 aliphatic rings. The van der Waals surface area contributed by atoms with E-state index in [1.807, 2.05) is 0 Å². The van der Waals surface area contributed by atoms with E-state index in [0.29, 0.717) is 29.0 Å². The fraction of sp³-hybridized carbons (Fsp3) is 0.314. The van der Waals surface area contributed by atoms with Crippen molar-refractivity contribution in [1.29, 1.82) is 0 Å². The number of methoxy groups -OCH3 is 1. The average molecular weight is 696 g/mol. The molecule has 1 saturated heterocycles. The summed E-state index contributed by atoms with van der Waals surface area (Å²) in [4.78, 5) is 37.5. The molecule has 1 fully saturated rings. The van der Waals surface area contributed by atoms with Crippen molar-refractivity contribution in [2.75, 3.05) is 38.7 Å². The zero-order chi connectivity index (χ0) is 35.6. The van der Waals surface area contributed by atoms with Crippen LogP contribution in [0.25, 0.3) is 21.8 Å². The second-order valence-electron chi connectivity index (χ2n) is 11.7. The summed E-state index contributed by atoms with van der Waals surface area (Å²) in [6.45, 7) is 5.18. The Bertz CT molecular complexity index is 2130. The zero-order valence-electron chi connectivity index (χ0n) is 27.4. The van der Waals surface area contributed by atoms with Crippen molar-refractivity contribution in [3.8, 4) is 28.9 Å². The number of likely N-dealkylation sites (tertiary alicyclic amines) is 1. The number of carbonyl (C=O) groups is 1. The lowest BCUT2D eigenvalue weighted by Gasteiger charge is -2.16. The number of hydrogen-bond donors (Lipinski definition) is 1. The molecule has 0 bridgehead atoms. The summed E-state index contributed by atoms with van der Waals surface area (Å²) < 4.78 is 76.5. The Morgan fingerprint density at radius 3 is 2.48 bits per heavy atom. The molecule has 0 aliphatic carbocycles. The number of pyridine rings is 1. The Hall–Kier alpha value is -5.44. The fourth-order valence-corrected chi connectivity index (χ4v) is 5.93. The molecule has 262 valence electrons. The lowest BCUT2D eigenvalue weighted by atomic mass is 10.1. The van der Waals surface area contributed by atoms with Crippen molar-refractivity contribution in [3.05, 3.63) is 82.2 Å². The van der Waals surface area contributed by atoms with Gasteiger partial charge in [0.2, 0.25) is 11.3 Å². The van der Waals surface area contributed by atoms with Crippen molar-refractivity contribution >= 4 is 33.4 Å². The fourth-order valence-electron chi connectivity index (χ4n) is 5.93. The van der Waals surface area contributed by atoms with Gasteiger partial charge in [0.15, 0.2) is 23.1 Å². The van der Waals surface area contributed by atoms with Crippen molar-refractivity contribution < 1.29 is 41.3 Å². The zero-order valence-corrected chi connectivity index (χ0v) is 27.4. The van der Waals surface area contributed by atoms with Gasteiger partial charge in [0.05, 0.1) is 35.5 Å². The molecule has 3 aromatic carbocycles. The molecule has 0 unspecified atom stereocenters. The molecule has 0 spiro atoms. The van der Waals surface area contributed by atoms with Gasteiger partial charge in [-0.1, -0.05) is 0 Å². The van der Waals surface area contributed by atoms with Gasteiger partial charge in [0, 0.05) is 37.1 Å². The summed E-state index contributed by atoms with van der Waals surface area (Å²) in [6, 6.07) is 10.3. The highest BCUT2D eigenvalue weighted by Crippen LogP contribution is 2.37. The molecule has 1 N–H and O–H groups in total. The van der Waals surface area contributed by atoms with Gasteiger partial charge in [-0.3, -0.25) is 9.59 Å². The third kappa shape index (κ3) is 7.42. The van der Waals surface area contributed by atoms with Crippen molar-refractivity contribution in [3.63, 3.8) is 0 Å². The minimum absolute atomic E-state index is 0.00343. The van der Waals surface area contributed by atoms with Gasteiger partial charge in [-0.25, -0.2) is 14.4 Å². The first-order chi connectivity index (χ1) is 23.9. The molecule has 2 aromatic heterocycles. The van der Waals surface area contributed by atoms with Crippen LogP contribution in [0.15, 0.2) is 59.7 Å². The summed E-state index contributed by atoms with van der Waals surface area (Å²) >= 11 is 0. The van der Waals surface area contributed by atoms with Gasteiger partial charge in [0.25, 0.3) is 5.91 Å². The number of amides is 1. The number of nitrogens with one attached hydrogen (secondary N) is 1. The lowest BCUT2D eigenvalue weighted by molar-refractivity contribution is -0.274. The molecule has 50 heavy (non-hydrogen) atoms. The average Bonchev–Trinajstić information content (AvgIpc) is 3.60. The van der Waals surface area contributed by atoms with E-state index in [-0.39, 0.29) is 39.5 Å². The molecule has 0 saturated carbocycles. The van der Waals surface area contributed by atoms with Crippen LogP contribution in [0.1, 0.15) is 35.3 Å². The minimum Gasteiger partial charge on any atom is -0.493 e. The number of fused-ring (bicyclic) bond motifs is 2. The maximum absolute atomic E-state index is 15.4. The molecule has 11 nitrogen and oxygen atoms in total. The lowest BCUT2D eigenvalue weighted by Crippen LogP contribution is -2.26. The number of nitrogens with zero attached hydrogens (tertiary/aromatic N) is 4. The molecule has 15 heteroatoms. The maximum Gasteiger partial charge on any atom is 0.573 e. The van der Waals surface area contributed by atoms with Crippen molar-refractivity contribution in [2.24, 2.45) is 7.05 Å². The number of aryl methyl sites for hydroxylation is 1. The number of ether oxygens (including phenoxy) is 4. The third-order valence-electron chi connectivity index (χ3n) is 8.48. The minimum atomic E-state index is -4.97. The van der Waals surface area contributed by atoms with E-state index in [4.69, 9.17) is 14.2 Å². The van der Waals surface area contributed by atoms with E-state index in [1.54, 1.807) is 19.2 Å². The number of carbonyl (C=O) groups excluding carboxylic acids is 1. The number of benzene rings is 3. The number of anilines is 1. The molecule has 1 amide bonds. The van der Waals surface area contributed by atoms with Crippen molar-refractivity contribution in [1.82, 2.24) is 19.4 Å². The quantitative estimate of drug-likeness (QED) is 0.118. The first-order valence-corrected chi connectivity index (χ1v) is 15.8. The molecular formula is C35H33F4N5O6. The normalized spacial score (nSPS) is 13.5. The van der Waals surface area contributed by atoms with Gasteiger partial charge in [0.1, 0.15) is 17.6 Å². The van der Waals surface area contributed by atoms with Crippen LogP contribution < -0.4 is 29.7 Å². The Morgan fingerprint density at radius 1 is 0.980 bits per heavy atom. The highest BCUT2D eigenvalue weighted by Gasteiger charge is 2.31. The van der Waals surface area contributed by atoms with Crippen LogP contribution in [0, 0.1) is 12.7 Å². The summed E-state index contributed by atoms with van der Waals surface area (Å²) in [5.41, 5.74) is -0.135. The van der Waals surface area contributed by atoms with Crippen molar-refractivity contribution in [2.45, 2.75) is 32.5 Å². The highest BCUT2D eigenvalue weighted by atomic mass is 19.4. The van der Waals surface area contributed by atoms with Crippen LogP contribution in [0.4, 0.5) is 23.2 Å². The Morgan fingerprint density at radius 2 is 1.76 bits per heavy atom. The molecule has 0 radical (unpaired) electrons. The number of alkyl halides is 3. The van der Waals surface area contributed by atoms with Crippen LogP contribution in [-0.4, -0.2) is 65.1 Å². The predicted molar refractivity (Wildman–Crippen MR) is 177 cm³/mol. The summed E-state index contributed by atoms with van der Waals surface area (Å²) in [7, 11) is 3.06. The van der Waals surface area contributed by atoms with Gasteiger partial charge in [-0.2, -0.15) is 0 Å². The van der Waals surface area contributed by atoms with E-state index in [0.717, 1.165) is 44.3 Å². The van der Waals surface area contributed by atoms with E-state index < -0.39 is 29.3 Å². The van der Waals surface area contributed by atoms with Crippen LogP contribution in [0.2, 0.25) is 0 Å². The first-order valence-electron chi connectivity index (χ1n) is 15.8. The van der Waals surface area contributed by atoms with E-state index in [1.165, 1.54) is 56.0 Å². The predicted octanol–water partition coefficient (Wildman–Crippen LogP) is 6.75. The van der Waals surface area contributed by atoms with E-state index in [2.05, 4.69) is 24.9 Å². The van der Waals surface area contributed by atoms with Crippen LogP contribution >= 0.6 is 0 Å². The Kier molecular flexibility index (Phi) is 9.77. The standard InChI is InChI=1S/C35H33F4N5O6/c1-20-31(32(45)24-16-22(50-35(37,38)39)8-9-27(24)43(20)2)33(46)42-21-7-10-28(25(36)15-21)49-34-23-17-29(47-3)30(18-26(23)40-19-41-34)48-14-6-13-44-11-4-5-12-44/h7-10,15-19H,4-6,11-14H2,1-3H3,(H,42,46). The SMILES string of the molecule is COc1cc2c(Oc3ccc(NC(=O)c4c(C)n(C)c5ccc(OC(F)(F)F)cc5c4=O)cc3F)ncnc2cc1OCCCN1CCCC1. The number of aromatic nitrogens is 3. The van der Waals surface area contributed by atoms with Gasteiger partial charge < -0.3 is 33.7 Å². The summed E-state index contributed by atoms with van der Waals surface area (Å²) in [5.74, 6) is -1.57.